The van der Waals surface area contributed by atoms with Crippen LogP contribution >= 0.6 is 0 Å². The van der Waals surface area contributed by atoms with Gasteiger partial charge in [-0.05, 0) is 30.3 Å². The molecule has 3 aromatic carbocycles. The smallest absolute Gasteiger partial charge is 0.416 e. The summed E-state index contributed by atoms with van der Waals surface area (Å²) in [4.78, 5) is 24.2. The van der Waals surface area contributed by atoms with Gasteiger partial charge in [0.2, 0.25) is 34.8 Å². The molecule has 3 aromatic rings. The standard InChI is InChI=1S/C33H33F8NO9/c34-26-27(35)29(37)31(30(38)28(26)36)51-25(43)8-9-45-10-11-46-12-13-47-14-15-48-16-17-49-18-19-50-32(44)23-6-1-2-7-24(23)42-22-5-3-4-21(20-22)33(39,40)41/h1-7,20,42H,8-19H2. The predicted molar refractivity (Wildman–Crippen MR) is 162 cm³/mol. The number of nitrogens with one attached hydrogen (secondary N) is 1. The van der Waals surface area contributed by atoms with E-state index < -0.39 is 64.9 Å². The maximum atomic E-state index is 13.5. The van der Waals surface area contributed by atoms with Gasteiger partial charge >= 0.3 is 18.1 Å². The topological polar surface area (TPSA) is 111 Å². The van der Waals surface area contributed by atoms with Crippen LogP contribution in [0.15, 0.2) is 48.5 Å². The summed E-state index contributed by atoms with van der Waals surface area (Å²) in [6.45, 7) is 1.32. The van der Waals surface area contributed by atoms with E-state index in [1.165, 1.54) is 18.2 Å². The van der Waals surface area contributed by atoms with Crippen molar-refractivity contribution in [1.82, 2.24) is 0 Å². The first-order valence-corrected chi connectivity index (χ1v) is 15.2. The number of benzene rings is 3. The van der Waals surface area contributed by atoms with Crippen molar-refractivity contribution in [3.8, 4) is 5.75 Å². The summed E-state index contributed by atoms with van der Waals surface area (Å²) in [6, 6.07) is 10.8. The highest BCUT2D eigenvalue weighted by Crippen LogP contribution is 2.32. The number of carbonyl (C=O) groups excluding carboxylic acids is 2. The highest BCUT2D eigenvalue weighted by Gasteiger charge is 2.31. The molecular formula is C33H33F8NO9. The SMILES string of the molecule is O=C(CCOCCOCCOCCOCCOCCOC(=O)c1ccccc1Nc1cccc(C(F)(F)F)c1)Oc1c(F)c(F)c(F)c(F)c1F. The fraction of sp³-hybridized carbons (Fsp3) is 0.394. The fourth-order valence-corrected chi connectivity index (χ4v) is 3.95. The number of halogens is 8. The van der Waals surface area contributed by atoms with E-state index >= 15 is 0 Å². The van der Waals surface area contributed by atoms with E-state index in [1.807, 2.05) is 0 Å². The summed E-state index contributed by atoms with van der Waals surface area (Å²) in [7, 11) is 0. The number of esters is 2. The normalized spacial score (nSPS) is 11.5. The number of hydrogen-bond donors (Lipinski definition) is 1. The Labute approximate surface area is 286 Å². The van der Waals surface area contributed by atoms with Crippen molar-refractivity contribution in [3.63, 3.8) is 0 Å². The third-order valence-electron chi connectivity index (χ3n) is 6.40. The molecule has 0 amide bonds. The molecule has 0 bridgehead atoms. The van der Waals surface area contributed by atoms with Crippen molar-refractivity contribution >= 4 is 23.3 Å². The zero-order valence-electron chi connectivity index (χ0n) is 26.8. The molecule has 0 aliphatic heterocycles. The number of rotatable bonds is 22. The first-order chi connectivity index (χ1) is 24.4. The third kappa shape index (κ3) is 13.7. The van der Waals surface area contributed by atoms with Crippen LogP contribution in [0.5, 0.6) is 5.75 Å². The molecule has 0 fully saturated rings. The molecule has 18 heteroatoms. The van der Waals surface area contributed by atoms with E-state index in [9.17, 15) is 44.7 Å². The highest BCUT2D eigenvalue weighted by molar-refractivity contribution is 5.96. The summed E-state index contributed by atoms with van der Waals surface area (Å²) in [5.41, 5.74) is -0.262. The molecule has 0 radical (unpaired) electrons. The Balaban J connectivity index is 1.14. The molecule has 0 unspecified atom stereocenters. The zero-order valence-corrected chi connectivity index (χ0v) is 26.8. The summed E-state index contributed by atoms with van der Waals surface area (Å²) >= 11 is 0. The fourth-order valence-electron chi connectivity index (χ4n) is 3.95. The number of para-hydroxylation sites is 1. The minimum absolute atomic E-state index is 0.0337. The van der Waals surface area contributed by atoms with Crippen LogP contribution in [0.3, 0.4) is 0 Å². The number of ether oxygens (including phenoxy) is 7. The molecule has 3 rings (SSSR count). The number of anilines is 2. The van der Waals surface area contributed by atoms with E-state index in [4.69, 9.17) is 28.4 Å². The molecule has 0 saturated carbocycles. The van der Waals surface area contributed by atoms with Gasteiger partial charge in [0.1, 0.15) is 6.61 Å². The Hall–Kier alpha value is -4.36. The molecule has 0 aliphatic rings. The summed E-state index contributed by atoms with van der Waals surface area (Å²) < 4.78 is 141. The van der Waals surface area contributed by atoms with Crippen LogP contribution < -0.4 is 10.1 Å². The van der Waals surface area contributed by atoms with E-state index in [0.717, 1.165) is 12.1 Å². The second-order valence-electron chi connectivity index (χ2n) is 10.1. The second-order valence-corrected chi connectivity index (χ2v) is 10.1. The van der Waals surface area contributed by atoms with E-state index in [2.05, 4.69) is 10.1 Å². The van der Waals surface area contributed by atoms with Crippen molar-refractivity contribution in [2.24, 2.45) is 0 Å². The Morgan fingerprint density at radius 2 is 1.08 bits per heavy atom. The molecule has 0 aromatic heterocycles. The lowest BCUT2D eigenvalue weighted by Gasteiger charge is -2.13. The average Bonchev–Trinajstić information content (AvgIpc) is 3.11. The van der Waals surface area contributed by atoms with Gasteiger partial charge in [0, 0.05) is 5.69 Å². The van der Waals surface area contributed by atoms with E-state index in [0.29, 0.717) is 0 Å². The highest BCUT2D eigenvalue weighted by atomic mass is 19.4. The molecule has 0 aliphatic carbocycles. The molecule has 0 heterocycles. The van der Waals surface area contributed by atoms with Gasteiger partial charge in [-0.25, -0.2) is 18.0 Å². The minimum Gasteiger partial charge on any atom is -0.460 e. The Bertz CT molecular complexity index is 1550. The van der Waals surface area contributed by atoms with Crippen LogP contribution in [0.1, 0.15) is 22.3 Å². The Morgan fingerprint density at radius 1 is 0.588 bits per heavy atom. The lowest BCUT2D eigenvalue weighted by atomic mass is 10.1. The molecule has 51 heavy (non-hydrogen) atoms. The van der Waals surface area contributed by atoms with Crippen molar-refractivity contribution in [1.29, 1.82) is 0 Å². The van der Waals surface area contributed by atoms with Crippen LogP contribution in [-0.4, -0.2) is 84.6 Å². The van der Waals surface area contributed by atoms with E-state index in [1.54, 1.807) is 18.2 Å². The third-order valence-corrected chi connectivity index (χ3v) is 6.40. The van der Waals surface area contributed by atoms with Gasteiger partial charge in [0.05, 0.1) is 89.3 Å². The average molecular weight is 740 g/mol. The Kier molecular flexibility index (Phi) is 17.0. The van der Waals surface area contributed by atoms with Crippen molar-refractivity contribution in [2.45, 2.75) is 12.6 Å². The van der Waals surface area contributed by atoms with Gasteiger partial charge in [-0.3, -0.25) is 4.79 Å². The zero-order chi connectivity index (χ0) is 37.2. The predicted octanol–water partition coefficient (Wildman–Crippen LogP) is 6.38. The van der Waals surface area contributed by atoms with Crippen molar-refractivity contribution in [3.05, 3.63) is 88.7 Å². The second kappa shape index (κ2) is 21.1. The monoisotopic (exact) mass is 739 g/mol. The number of carbonyl (C=O) groups is 2. The summed E-state index contributed by atoms with van der Waals surface area (Å²) in [5.74, 6) is -15.0. The minimum atomic E-state index is -4.51. The molecule has 0 atom stereocenters. The number of hydrogen-bond acceptors (Lipinski definition) is 10. The Morgan fingerprint density at radius 3 is 1.63 bits per heavy atom. The van der Waals surface area contributed by atoms with Gasteiger partial charge in [0.15, 0.2) is 0 Å². The maximum absolute atomic E-state index is 13.5. The van der Waals surface area contributed by atoms with Gasteiger partial charge in [0.25, 0.3) is 0 Å². The molecule has 0 spiro atoms. The largest absolute Gasteiger partial charge is 0.460 e. The first kappa shape index (κ1) is 41.1. The van der Waals surface area contributed by atoms with Crippen LogP contribution in [0.4, 0.5) is 46.5 Å². The van der Waals surface area contributed by atoms with E-state index in [-0.39, 0.29) is 89.6 Å². The number of alkyl halides is 3. The summed E-state index contributed by atoms with van der Waals surface area (Å²) in [5, 5.41) is 2.82. The van der Waals surface area contributed by atoms with Gasteiger partial charge in [-0.15, -0.1) is 0 Å². The van der Waals surface area contributed by atoms with Gasteiger partial charge in [-0.2, -0.15) is 22.0 Å². The van der Waals surface area contributed by atoms with Gasteiger partial charge in [-0.1, -0.05) is 18.2 Å². The molecule has 0 saturated heterocycles. The molecule has 1 N–H and O–H groups in total. The van der Waals surface area contributed by atoms with Gasteiger partial charge < -0.3 is 38.5 Å². The molecule has 10 nitrogen and oxygen atoms in total. The van der Waals surface area contributed by atoms with Crippen LogP contribution in [0.2, 0.25) is 0 Å². The van der Waals surface area contributed by atoms with Crippen LogP contribution in [0.25, 0.3) is 0 Å². The quantitative estimate of drug-likeness (QED) is 0.0312. The summed E-state index contributed by atoms with van der Waals surface area (Å²) in [6.07, 6.45) is -5.03. The first-order valence-electron chi connectivity index (χ1n) is 15.2. The lowest BCUT2D eigenvalue weighted by Crippen LogP contribution is -2.16. The lowest BCUT2D eigenvalue weighted by molar-refractivity contribution is -0.138. The maximum Gasteiger partial charge on any atom is 0.416 e. The molecular weight excluding hydrogens is 706 g/mol. The molecule has 280 valence electrons. The van der Waals surface area contributed by atoms with Crippen LogP contribution in [0, 0.1) is 29.1 Å². The van der Waals surface area contributed by atoms with Crippen molar-refractivity contribution < 1.29 is 77.9 Å². The van der Waals surface area contributed by atoms with Crippen molar-refractivity contribution in [2.75, 3.05) is 78.0 Å². The van der Waals surface area contributed by atoms with Crippen LogP contribution in [-0.2, 0) is 39.4 Å².